The summed E-state index contributed by atoms with van der Waals surface area (Å²) < 4.78 is 0. The van der Waals surface area contributed by atoms with Gasteiger partial charge in [0.15, 0.2) is 0 Å². The highest BCUT2D eigenvalue weighted by Gasteiger charge is 2.58. The molecule has 0 aliphatic heterocycles. The lowest BCUT2D eigenvalue weighted by Gasteiger charge is -2.58. The molecular weight excluding hydrogens is 342 g/mol. The second-order valence-corrected chi connectivity index (χ2v) is 12.3. The van der Waals surface area contributed by atoms with Crippen LogP contribution in [0.2, 0.25) is 0 Å². The van der Waals surface area contributed by atoms with Crippen LogP contribution in [-0.4, -0.2) is 16.7 Å². The molecule has 3 N–H and O–H groups in total. The number of hydrogen-bond acceptors (Lipinski definition) is 2. The molecule has 0 amide bonds. The number of aliphatic hydroxyl groups is 1. The van der Waals surface area contributed by atoms with Crippen LogP contribution in [-0.2, 0) is 0 Å². The normalized spacial score (nSPS) is 47.0. The molecule has 0 radical (unpaired) electrons. The van der Waals surface area contributed by atoms with Gasteiger partial charge < -0.3 is 10.8 Å². The van der Waals surface area contributed by atoms with Crippen LogP contribution in [0.3, 0.4) is 0 Å². The topological polar surface area (TPSA) is 46.2 Å². The van der Waals surface area contributed by atoms with Gasteiger partial charge in [-0.3, -0.25) is 0 Å². The largest absolute Gasteiger partial charge is 0.390 e. The third-order valence-electron chi connectivity index (χ3n) is 10.1. The van der Waals surface area contributed by atoms with Crippen molar-refractivity contribution in [3.05, 3.63) is 11.6 Å². The molecule has 2 nitrogen and oxygen atoms in total. The van der Waals surface area contributed by atoms with Crippen molar-refractivity contribution >= 4 is 0 Å². The van der Waals surface area contributed by atoms with Crippen LogP contribution in [0.15, 0.2) is 11.6 Å². The van der Waals surface area contributed by atoms with Crippen molar-refractivity contribution in [2.24, 2.45) is 46.2 Å². The molecule has 0 saturated heterocycles. The number of allylic oxidation sites excluding steroid dienone is 2. The molecule has 0 aromatic rings. The van der Waals surface area contributed by atoms with E-state index in [-0.39, 0.29) is 0 Å². The van der Waals surface area contributed by atoms with Gasteiger partial charge in [0.25, 0.3) is 0 Å². The molecule has 4 aliphatic carbocycles. The lowest BCUT2D eigenvalue weighted by molar-refractivity contribution is -0.0140. The quantitative estimate of drug-likeness (QED) is 0.574. The molecule has 28 heavy (non-hydrogen) atoms. The van der Waals surface area contributed by atoms with Gasteiger partial charge in [-0.25, -0.2) is 0 Å². The fourth-order valence-electron chi connectivity index (χ4n) is 8.30. The van der Waals surface area contributed by atoms with E-state index in [9.17, 15) is 5.11 Å². The fraction of sp³-hybridized carbons (Fsp3) is 0.923. The summed E-state index contributed by atoms with van der Waals surface area (Å²) >= 11 is 0. The van der Waals surface area contributed by atoms with Crippen molar-refractivity contribution in [3.8, 4) is 0 Å². The Kier molecular flexibility index (Phi) is 5.32. The zero-order chi connectivity index (χ0) is 20.3. The van der Waals surface area contributed by atoms with Crippen LogP contribution in [0.25, 0.3) is 0 Å². The average Bonchev–Trinajstić information content (AvgIpc) is 2.97. The van der Waals surface area contributed by atoms with Gasteiger partial charge in [-0.2, -0.15) is 0 Å². The summed E-state index contributed by atoms with van der Waals surface area (Å²) in [5.41, 5.74) is 8.67. The van der Waals surface area contributed by atoms with E-state index in [0.29, 0.717) is 16.9 Å². The van der Waals surface area contributed by atoms with Gasteiger partial charge in [-0.05, 0) is 118 Å². The molecule has 0 bridgehead atoms. The molecule has 0 aromatic heterocycles. The highest BCUT2D eigenvalue weighted by molar-refractivity contribution is 5.27. The average molecular weight is 388 g/mol. The van der Waals surface area contributed by atoms with Crippen molar-refractivity contribution in [1.29, 1.82) is 0 Å². The molecule has 0 spiro atoms. The van der Waals surface area contributed by atoms with Crippen LogP contribution in [0.1, 0.15) is 98.8 Å². The lowest BCUT2D eigenvalue weighted by atomic mass is 9.47. The summed E-state index contributed by atoms with van der Waals surface area (Å²) in [7, 11) is 0. The number of nitrogens with two attached hydrogens (primary N) is 1. The van der Waals surface area contributed by atoms with Crippen molar-refractivity contribution < 1.29 is 5.11 Å². The monoisotopic (exact) mass is 387 g/mol. The van der Waals surface area contributed by atoms with E-state index in [4.69, 9.17) is 5.73 Å². The van der Waals surface area contributed by atoms with Crippen LogP contribution >= 0.6 is 0 Å². The Bertz CT molecular complexity index is 618. The van der Waals surface area contributed by atoms with Crippen molar-refractivity contribution in [2.75, 3.05) is 0 Å². The molecule has 4 rings (SSSR count). The summed E-state index contributed by atoms with van der Waals surface area (Å²) in [6, 6.07) is 0.439. The third kappa shape index (κ3) is 3.41. The van der Waals surface area contributed by atoms with E-state index in [1.165, 1.54) is 51.4 Å². The molecule has 4 aliphatic rings. The molecule has 8 atom stereocenters. The Balaban J connectivity index is 1.53. The predicted octanol–water partition coefficient (Wildman–Crippen LogP) is 6.08. The van der Waals surface area contributed by atoms with Gasteiger partial charge in [-0.15, -0.1) is 0 Å². The molecule has 0 heterocycles. The fourth-order valence-corrected chi connectivity index (χ4v) is 8.30. The second kappa shape index (κ2) is 7.12. The van der Waals surface area contributed by atoms with Gasteiger partial charge in [0.05, 0.1) is 5.60 Å². The third-order valence-corrected chi connectivity index (χ3v) is 10.1. The summed E-state index contributed by atoms with van der Waals surface area (Å²) in [5.74, 6) is 4.00. The van der Waals surface area contributed by atoms with Gasteiger partial charge in [0, 0.05) is 6.04 Å². The number of rotatable bonds is 4. The Labute approximate surface area is 173 Å². The molecule has 0 aromatic carbocycles. The molecule has 2 heteroatoms. The van der Waals surface area contributed by atoms with Crippen molar-refractivity contribution in [2.45, 2.75) is 110 Å². The minimum atomic E-state index is -0.526. The smallest absolute Gasteiger partial charge is 0.0591 e. The Hall–Kier alpha value is -0.340. The van der Waals surface area contributed by atoms with E-state index >= 15 is 0 Å². The standard InChI is InChI=1S/C26H45NO/c1-17(10-13-24(2,3)28)21-8-9-22-20-7-6-18-16-19(27)11-14-25(18,4)23(20)12-15-26(21,22)5/h7,17-19,21-23,28H,6,8-16,27H2,1-5H3/t17-,18-,19+,21-,22+,23+,25+,26-/m1/s1. The first-order valence-corrected chi connectivity index (χ1v) is 12.2. The number of fused-ring (bicyclic) bond motifs is 5. The van der Waals surface area contributed by atoms with E-state index in [1.54, 1.807) is 0 Å². The van der Waals surface area contributed by atoms with Gasteiger partial charge >= 0.3 is 0 Å². The first-order chi connectivity index (χ1) is 13.0. The summed E-state index contributed by atoms with van der Waals surface area (Å²) in [4.78, 5) is 0. The zero-order valence-electron chi connectivity index (χ0n) is 19.1. The van der Waals surface area contributed by atoms with E-state index < -0.39 is 5.60 Å². The van der Waals surface area contributed by atoms with Gasteiger partial charge in [-0.1, -0.05) is 32.4 Å². The maximum atomic E-state index is 10.2. The minimum Gasteiger partial charge on any atom is -0.390 e. The number of hydrogen-bond donors (Lipinski definition) is 2. The maximum absolute atomic E-state index is 10.2. The van der Waals surface area contributed by atoms with Crippen LogP contribution in [0.5, 0.6) is 0 Å². The zero-order valence-corrected chi connectivity index (χ0v) is 19.1. The first-order valence-electron chi connectivity index (χ1n) is 12.2. The minimum absolute atomic E-state index is 0.439. The van der Waals surface area contributed by atoms with Gasteiger partial charge in [0.1, 0.15) is 0 Å². The molecule has 3 fully saturated rings. The Morgan fingerprint density at radius 2 is 1.79 bits per heavy atom. The molecule has 160 valence electrons. The molecular formula is C26H45NO. The maximum Gasteiger partial charge on any atom is 0.0591 e. The SMILES string of the molecule is C[C@H](CCC(C)(C)O)[C@H]1CC[C@H]2C3=CC[C@@H]4C[C@@H](N)CC[C@]4(C)[C@H]3CC[C@]12C. The highest BCUT2D eigenvalue weighted by Crippen LogP contribution is 2.66. The second-order valence-electron chi connectivity index (χ2n) is 12.3. The van der Waals surface area contributed by atoms with Crippen molar-refractivity contribution in [1.82, 2.24) is 0 Å². The Morgan fingerprint density at radius 1 is 1.11 bits per heavy atom. The summed E-state index contributed by atoms with van der Waals surface area (Å²) in [6.07, 6.45) is 15.5. The van der Waals surface area contributed by atoms with Crippen LogP contribution in [0.4, 0.5) is 0 Å². The summed E-state index contributed by atoms with van der Waals surface area (Å²) in [5, 5.41) is 10.2. The van der Waals surface area contributed by atoms with E-state index in [0.717, 1.165) is 42.4 Å². The van der Waals surface area contributed by atoms with Gasteiger partial charge in [0.2, 0.25) is 0 Å². The van der Waals surface area contributed by atoms with E-state index in [1.807, 2.05) is 19.4 Å². The molecule has 0 unspecified atom stereocenters. The Morgan fingerprint density at radius 3 is 2.50 bits per heavy atom. The van der Waals surface area contributed by atoms with Crippen LogP contribution in [0, 0.1) is 40.4 Å². The predicted molar refractivity (Wildman–Crippen MR) is 118 cm³/mol. The summed E-state index contributed by atoms with van der Waals surface area (Å²) in [6.45, 7) is 11.6. The van der Waals surface area contributed by atoms with Crippen molar-refractivity contribution in [3.63, 3.8) is 0 Å². The highest BCUT2D eigenvalue weighted by atomic mass is 16.3. The lowest BCUT2D eigenvalue weighted by Crippen LogP contribution is -2.50. The van der Waals surface area contributed by atoms with Crippen LogP contribution < -0.4 is 5.73 Å². The first kappa shape index (κ1) is 20.9. The van der Waals surface area contributed by atoms with E-state index in [2.05, 4.69) is 26.8 Å². The molecule has 3 saturated carbocycles.